The van der Waals surface area contributed by atoms with Gasteiger partial charge in [0.2, 0.25) is 0 Å². The number of rotatable bonds is 4. The zero-order valence-electron chi connectivity index (χ0n) is 11.6. The van der Waals surface area contributed by atoms with E-state index < -0.39 is 23.1 Å². The molecule has 0 aliphatic heterocycles. The van der Waals surface area contributed by atoms with E-state index in [2.05, 4.69) is 5.32 Å². The van der Waals surface area contributed by atoms with Crippen molar-refractivity contribution in [3.05, 3.63) is 59.1 Å². The largest absolute Gasteiger partial charge is 0.466 e. The SMILES string of the molecule is Cc1cc(C(=O)NCC(C)(O)c2ccco2)c(F)cc1F. The van der Waals surface area contributed by atoms with E-state index in [0.29, 0.717) is 6.07 Å². The van der Waals surface area contributed by atoms with Crippen LogP contribution in [-0.2, 0) is 5.60 Å². The molecule has 1 atom stereocenters. The zero-order chi connectivity index (χ0) is 15.6. The maximum atomic E-state index is 13.6. The Morgan fingerprint density at radius 2 is 2.10 bits per heavy atom. The van der Waals surface area contributed by atoms with E-state index in [-0.39, 0.29) is 23.4 Å². The molecule has 0 radical (unpaired) electrons. The van der Waals surface area contributed by atoms with E-state index in [0.717, 1.165) is 6.07 Å². The third kappa shape index (κ3) is 3.28. The molecule has 2 rings (SSSR count). The topological polar surface area (TPSA) is 62.5 Å². The van der Waals surface area contributed by atoms with Crippen LogP contribution in [0, 0.1) is 18.6 Å². The molecule has 2 N–H and O–H groups in total. The molecule has 1 aromatic carbocycles. The van der Waals surface area contributed by atoms with Crippen molar-refractivity contribution in [3.63, 3.8) is 0 Å². The molecule has 0 fully saturated rings. The van der Waals surface area contributed by atoms with Crippen LogP contribution < -0.4 is 5.32 Å². The number of hydrogen-bond donors (Lipinski definition) is 2. The van der Waals surface area contributed by atoms with Gasteiger partial charge < -0.3 is 14.8 Å². The number of aliphatic hydroxyl groups is 1. The van der Waals surface area contributed by atoms with Crippen LogP contribution in [0.3, 0.4) is 0 Å². The number of hydrogen-bond acceptors (Lipinski definition) is 3. The first-order chi connectivity index (χ1) is 9.81. The summed E-state index contributed by atoms with van der Waals surface area (Å²) < 4.78 is 31.8. The second-order valence-electron chi connectivity index (χ2n) is 5.02. The normalized spacial score (nSPS) is 13.8. The molecule has 6 heteroatoms. The van der Waals surface area contributed by atoms with Gasteiger partial charge in [-0.05, 0) is 37.6 Å². The van der Waals surface area contributed by atoms with Crippen molar-refractivity contribution >= 4 is 5.91 Å². The van der Waals surface area contributed by atoms with Crippen molar-refractivity contribution in [1.82, 2.24) is 5.32 Å². The summed E-state index contributed by atoms with van der Waals surface area (Å²) in [6.07, 6.45) is 1.40. The molecular weight excluding hydrogens is 280 g/mol. The Morgan fingerprint density at radius 3 is 2.71 bits per heavy atom. The fourth-order valence-electron chi connectivity index (χ4n) is 1.85. The molecule has 0 aliphatic carbocycles. The summed E-state index contributed by atoms with van der Waals surface area (Å²) in [6, 6.07) is 4.96. The van der Waals surface area contributed by atoms with Crippen LogP contribution in [0.2, 0.25) is 0 Å². The Bertz CT molecular complexity index is 651. The van der Waals surface area contributed by atoms with Crippen LogP contribution in [-0.4, -0.2) is 17.6 Å². The van der Waals surface area contributed by atoms with E-state index in [4.69, 9.17) is 4.42 Å². The molecule has 0 bridgehead atoms. The predicted octanol–water partition coefficient (Wildman–Crippen LogP) is 2.50. The van der Waals surface area contributed by atoms with Gasteiger partial charge in [-0.3, -0.25) is 4.79 Å². The highest BCUT2D eigenvalue weighted by Crippen LogP contribution is 2.20. The fraction of sp³-hybridized carbons (Fsp3) is 0.267. The van der Waals surface area contributed by atoms with Crippen molar-refractivity contribution in [1.29, 1.82) is 0 Å². The molecule has 21 heavy (non-hydrogen) atoms. The molecule has 0 saturated heterocycles. The smallest absolute Gasteiger partial charge is 0.254 e. The van der Waals surface area contributed by atoms with Crippen molar-refractivity contribution in [3.8, 4) is 0 Å². The molecule has 0 saturated carbocycles. The van der Waals surface area contributed by atoms with Crippen molar-refractivity contribution in [2.24, 2.45) is 0 Å². The van der Waals surface area contributed by atoms with Gasteiger partial charge in [0.1, 0.15) is 23.0 Å². The molecule has 1 amide bonds. The Hall–Kier alpha value is -2.21. The molecule has 112 valence electrons. The highest BCUT2D eigenvalue weighted by molar-refractivity contribution is 5.94. The van der Waals surface area contributed by atoms with E-state index in [1.807, 2.05) is 0 Å². The average molecular weight is 295 g/mol. The monoisotopic (exact) mass is 295 g/mol. The quantitative estimate of drug-likeness (QED) is 0.911. The fourth-order valence-corrected chi connectivity index (χ4v) is 1.85. The maximum Gasteiger partial charge on any atom is 0.254 e. The van der Waals surface area contributed by atoms with Gasteiger partial charge in [0.25, 0.3) is 5.91 Å². The van der Waals surface area contributed by atoms with Crippen molar-refractivity contribution in [2.45, 2.75) is 19.4 Å². The van der Waals surface area contributed by atoms with Crippen LogP contribution in [0.5, 0.6) is 0 Å². The number of carbonyl (C=O) groups excluding carboxylic acids is 1. The first-order valence-corrected chi connectivity index (χ1v) is 6.31. The highest BCUT2D eigenvalue weighted by Gasteiger charge is 2.27. The Morgan fingerprint density at radius 1 is 1.38 bits per heavy atom. The van der Waals surface area contributed by atoms with Crippen molar-refractivity contribution < 1.29 is 23.1 Å². The van der Waals surface area contributed by atoms with Crippen LogP contribution in [0.4, 0.5) is 8.78 Å². The minimum atomic E-state index is -1.43. The van der Waals surface area contributed by atoms with Crippen LogP contribution >= 0.6 is 0 Å². The number of benzene rings is 1. The minimum absolute atomic E-state index is 0.166. The number of carbonyl (C=O) groups is 1. The maximum absolute atomic E-state index is 13.6. The van der Waals surface area contributed by atoms with E-state index in [1.54, 1.807) is 12.1 Å². The Kier molecular flexibility index (Phi) is 4.09. The number of nitrogens with one attached hydrogen (secondary N) is 1. The van der Waals surface area contributed by atoms with Gasteiger partial charge in [-0.1, -0.05) is 0 Å². The molecular formula is C15H15F2NO3. The number of furan rings is 1. The summed E-state index contributed by atoms with van der Waals surface area (Å²) in [5, 5.41) is 12.6. The van der Waals surface area contributed by atoms with Gasteiger partial charge in [0.15, 0.2) is 0 Å². The molecule has 1 aromatic heterocycles. The molecule has 2 aromatic rings. The third-order valence-corrected chi connectivity index (χ3v) is 3.14. The lowest BCUT2D eigenvalue weighted by atomic mass is 10.0. The van der Waals surface area contributed by atoms with Gasteiger partial charge >= 0.3 is 0 Å². The Balaban J connectivity index is 2.11. The van der Waals surface area contributed by atoms with Gasteiger partial charge in [-0.2, -0.15) is 0 Å². The van der Waals surface area contributed by atoms with Crippen LogP contribution in [0.1, 0.15) is 28.6 Å². The molecule has 1 unspecified atom stereocenters. The zero-order valence-corrected chi connectivity index (χ0v) is 11.6. The van der Waals surface area contributed by atoms with Crippen LogP contribution in [0.15, 0.2) is 34.9 Å². The summed E-state index contributed by atoms with van der Waals surface area (Å²) in [5.74, 6) is -2.12. The van der Waals surface area contributed by atoms with Gasteiger partial charge in [-0.15, -0.1) is 0 Å². The van der Waals surface area contributed by atoms with Crippen molar-refractivity contribution in [2.75, 3.05) is 6.54 Å². The van der Waals surface area contributed by atoms with Gasteiger partial charge in [0, 0.05) is 6.07 Å². The standard InChI is InChI=1S/C15H15F2NO3/c1-9-6-10(12(17)7-11(9)16)14(19)18-8-15(2,20)13-4-3-5-21-13/h3-7,20H,8H2,1-2H3,(H,18,19). The van der Waals surface area contributed by atoms with E-state index in [9.17, 15) is 18.7 Å². The second-order valence-corrected chi connectivity index (χ2v) is 5.02. The number of aryl methyl sites for hydroxylation is 1. The summed E-state index contributed by atoms with van der Waals surface area (Å²) in [7, 11) is 0. The molecule has 0 spiro atoms. The third-order valence-electron chi connectivity index (χ3n) is 3.14. The van der Waals surface area contributed by atoms with Gasteiger partial charge in [0.05, 0.1) is 18.4 Å². The first-order valence-electron chi connectivity index (χ1n) is 6.31. The minimum Gasteiger partial charge on any atom is -0.466 e. The van der Waals surface area contributed by atoms with Crippen LogP contribution in [0.25, 0.3) is 0 Å². The molecule has 0 aliphatic rings. The average Bonchev–Trinajstić information content (AvgIpc) is 2.95. The Labute approximate surface area is 120 Å². The number of amides is 1. The molecule has 1 heterocycles. The van der Waals surface area contributed by atoms with E-state index >= 15 is 0 Å². The van der Waals surface area contributed by atoms with E-state index in [1.165, 1.54) is 20.1 Å². The lowest BCUT2D eigenvalue weighted by molar-refractivity contribution is 0.0329. The highest BCUT2D eigenvalue weighted by atomic mass is 19.1. The van der Waals surface area contributed by atoms with Gasteiger partial charge in [-0.25, -0.2) is 8.78 Å². The predicted molar refractivity (Wildman–Crippen MR) is 71.7 cm³/mol. The summed E-state index contributed by atoms with van der Waals surface area (Å²) >= 11 is 0. The first kappa shape index (κ1) is 15.2. The summed E-state index contributed by atoms with van der Waals surface area (Å²) in [4.78, 5) is 11.9. The summed E-state index contributed by atoms with van der Waals surface area (Å²) in [6.45, 7) is 2.72. The lowest BCUT2D eigenvalue weighted by Gasteiger charge is -2.21. The number of halogens is 2. The summed E-state index contributed by atoms with van der Waals surface area (Å²) in [5.41, 5.74) is -1.53. The molecule has 4 nitrogen and oxygen atoms in total. The lowest BCUT2D eigenvalue weighted by Crippen LogP contribution is -2.38. The second kappa shape index (κ2) is 5.65.